The molecule has 0 unspecified atom stereocenters. The molecule has 0 aromatic heterocycles. The Morgan fingerprint density at radius 3 is 2.86 bits per heavy atom. The van der Waals surface area contributed by atoms with E-state index in [0.29, 0.717) is 0 Å². The number of hydrogen-bond acceptors (Lipinski definition) is 2. The Morgan fingerprint density at radius 1 is 1.14 bits per heavy atom. The average Bonchev–Trinajstić information content (AvgIpc) is 2.51. The number of benzene rings is 2. The van der Waals surface area contributed by atoms with Crippen molar-refractivity contribution >= 4 is 10.8 Å². The Kier molecular flexibility index (Phi) is 4.76. The summed E-state index contributed by atoms with van der Waals surface area (Å²) in [5.41, 5.74) is 0. The first-order chi connectivity index (χ1) is 10.3. The Balaban J connectivity index is 1.46. The second-order valence-electron chi connectivity index (χ2n) is 6.26. The third-order valence-corrected chi connectivity index (χ3v) is 4.35. The highest BCUT2D eigenvalue weighted by atomic mass is 16.5. The second-order valence-corrected chi connectivity index (χ2v) is 6.26. The maximum Gasteiger partial charge on any atom is 0.119 e. The van der Waals surface area contributed by atoms with Crippen LogP contribution in [-0.2, 0) is 0 Å². The fraction of sp³-hybridized carbons (Fsp3) is 0.474. The van der Waals surface area contributed by atoms with Crippen LogP contribution in [0.15, 0.2) is 42.5 Å². The lowest BCUT2D eigenvalue weighted by atomic mass is 10.0. The van der Waals surface area contributed by atoms with Crippen LogP contribution in [0.25, 0.3) is 10.8 Å². The topological polar surface area (TPSA) is 12.5 Å². The van der Waals surface area contributed by atoms with Gasteiger partial charge in [0, 0.05) is 13.1 Å². The molecule has 2 nitrogen and oxygen atoms in total. The molecular formula is C19H25NO. The minimum atomic E-state index is 0.809. The number of fused-ring (bicyclic) bond motifs is 1. The third-order valence-electron chi connectivity index (χ3n) is 4.35. The molecule has 1 saturated heterocycles. The Hall–Kier alpha value is -1.54. The first kappa shape index (κ1) is 14.4. The molecule has 1 aliphatic heterocycles. The van der Waals surface area contributed by atoms with Gasteiger partial charge in [-0.3, -0.25) is 0 Å². The van der Waals surface area contributed by atoms with E-state index in [4.69, 9.17) is 4.74 Å². The van der Waals surface area contributed by atoms with Gasteiger partial charge in [0.25, 0.3) is 0 Å². The van der Waals surface area contributed by atoms with Crippen LogP contribution in [0.3, 0.4) is 0 Å². The van der Waals surface area contributed by atoms with Crippen LogP contribution < -0.4 is 4.74 Å². The highest BCUT2D eigenvalue weighted by molar-refractivity contribution is 5.83. The minimum Gasteiger partial charge on any atom is -0.494 e. The van der Waals surface area contributed by atoms with Gasteiger partial charge in [0.05, 0.1) is 6.61 Å². The predicted molar refractivity (Wildman–Crippen MR) is 88.9 cm³/mol. The highest BCUT2D eigenvalue weighted by Crippen LogP contribution is 2.21. The van der Waals surface area contributed by atoms with Crippen molar-refractivity contribution in [2.45, 2.75) is 26.2 Å². The van der Waals surface area contributed by atoms with Crippen LogP contribution >= 0.6 is 0 Å². The van der Waals surface area contributed by atoms with Gasteiger partial charge in [-0.15, -0.1) is 0 Å². The molecule has 1 fully saturated rings. The summed E-state index contributed by atoms with van der Waals surface area (Å²) in [5.74, 6) is 1.85. The van der Waals surface area contributed by atoms with Gasteiger partial charge in [-0.05, 0) is 54.6 Å². The molecule has 0 spiro atoms. The van der Waals surface area contributed by atoms with Gasteiger partial charge < -0.3 is 9.64 Å². The summed E-state index contributed by atoms with van der Waals surface area (Å²) in [6.45, 7) is 6.86. The molecule has 21 heavy (non-hydrogen) atoms. The smallest absolute Gasteiger partial charge is 0.119 e. The van der Waals surface area contributed by atoms with Crippen LogP contribution in [-0.4, -0.2) is 31.1 Å². The average molecular weight is 283 g/mol. The van der Waals surface area contributed by atoms with E-state index in [-0.39, 0.29) is 0 Å². The molecule has 0 saturated carbocycles. The monoisotopic (exact) mass is 283 g/mol. The Labute approximate surface area is 127 Å². The summed E-state index contributed by atoms with van der Waals surface area (Å²) < 4.78 is 5.91. The summed E-state index contributed by atoms with van der Waals surface area (Å²) in [5, 5.41) is 2.52. The van der Waals surface area contributed by atoms with Crippen LogP contribution in [0.4, 0.5) is 0 Å². The molecule has 2 aromatic carbocycles. The SMILES string of the molecule is C[C@@H]1CCCN(CCCOc2ccc3ccccc3c2)C1. The number of ether oxygens (including phenoxy) is 1. The van der Waals surface area contributed by atoms with Crippen molar-refractivity contribution < 1.29 is 4.74 Å². The van der Waals surface area contributed by atoms with Crippen molar-refractivity contribution in [1.29, 1.82) is 0 Å². The molecule has 112 valence electrons. The predicted octanol–water partition coefficient (Wildman–Crippen LogP) is 4.34. The van der Waals surface area contributed by atoms with Gasteiger partial charge in [0.1, 0.15) is 5.75 Å². The number of hydrogen-bond donors (Lipinski definition) is 0. The molecule has 0 amide bonds. The van der Waals surface area contributed by atoms with Crippen molar-refractivity contribution in [2.24, 2.45) is 5.92 Å². The van der Waals surface area contributed by atoms with Gasteiger partial charge in [-0.2, -0.15) is 0 Å². The third kappa shape index (κ3) is 3.98. The van der Waals surface area contributed by atoms with Gasteiger partial charge in [-0.25, -0.2) is 0 Å². The van der Waals surface area contributed by atoms with Crippen molar-refractivity contribution in [2.75, 3.05) is 26.2 Å². The molecule has 0 bridgehead atoms. The normalized spacial score (nSPS) is 19.8. The molecule has 1 aliphatic rings. The van der Waals surface area contributed by atoms with Crippen molar-refractivity contribution in [1.82, 2.24) is 4.90 Å². The first-order valence-corrected chi connectivity index (χ1v) is 8.15. The lowest BCUT2D eigenvalue weighted by Gasteiger charge is -2.30. The summed E-state index contributed by atoms with van der Waals surface area (Å²) in [4.78, 5) is 2.58. The standard InChI is InChI=1S/C19H25NO/c1-16-6-4-11-20(15-16)12-5-13-21-19-10-9-17-7-2-3-8-18(17)14-19/h2-3,7-10,14,16H,4-6,11-13,15H2,1H3/t16-/m1/s1. The molecular weight excluding hydrogens is 258 g/mol. The van der Waals surface area contributed by atoms with E-state index in [9.17, 15) is 0 Å². The fourth-order valence-electron chi connectivity index (χ4n) is 3.23. The fourth-order valence-corrected chi connectivity index (χ4v) is 3.23. The summed E-state index contributed by atoms with van der Waals surface area (Å²) in [6, 6.07) is 14.8. The number of likely N-dealkylation sites (tertiary alicyclic amines) is 1. The van der Waals surface area contributed by atoms with Crippen LogP contribution in [0.2, 0.25) is 0 Å². The van der Waals surface area contributed by atoms with E-state index in [1.165, 1.54) is 36.7 Å². The molecule has 1 heterocycles. The lowest BCUT2D eigenvalue weighted by molar-refractivity contribution is 0.170. The van der Waals surface area contributed by atoms with Crippen LogP contribution in [0.5, 0.6) is 5.75 Å². The summed E-state index contributed by atoms with van der Waals surface area (Å²) >= 11 is 0. The van der Waals surface area contributed by atoms with Crippen molar-refractivity contribution in [3.05, 3.63) is 42.5 Å². The van der Waals surface area contributed by atoms with Gasteiger partial charge in [-0.1, -0.05) is 37.3 Å². The molecule has 2 heteroatoms. The molecule has 0 radical (unpaired) electrons. The van der Waals surface area contributed by atoms with Crippen molar-refractivity contribution in [3.63, 3.8) is 0 Å². The lowest BCUT2D eigenvalue weighted by Crippen LogP contribution is -2.35. The molecule has 0 aliphatic carbocycles. The van der Waals surface area contributed by atoms with Gasteiger partial charge in [0.2, 0.25) is 0 Å². The molecule has 2 aromatic rings. The molecule has 0 N–H and O–H groups in total. The van der Waals surface area contributed by atoms with E-state index >= 15 is 0 Å². The van der Waals surface area contributed by atoms with E-state index in [1.807, 2.05) is 0 Å². The zero-order chi connectivity index (χ0) is 14.5. The van der Waals surface area contributed by atoms with E-state index in [2.05, 4.69) is 54.3 Å². The minimum absolute atomic E-state index is 0.809. The zero-order valence-corrected chi connectivity index (χ0v) is 12.9. The van der Waals surface area contributed by atoms with E-state index < -0.39 is 0 Å². The van der Waals surface area contributed by atoms with Crippen LogP contribution in [0.1, 0.15) is 26.2 Å². The zero-order valence-electron chi connectivity index (χ0n) is 12.9. The quantitative estimate of drug-likeness (QED) is 0.757. The van der Waals surface area contributed by atoms with Gasteiger partial charge >= 0.3 is 0 Å². The molecule has 1 atom stereocenters. The summed E-state index contributed by atoms with van der Waals surface area (Å²) in [6.07, 6.45) is 3.86. The number of rotatable bonds is 5. The second kappa shape index (κ2) is 6.95. The van der Waals surface area contributed by atoms with E-state index in [1.54, 1.807) is 0 Å². The maximum atomic E-state index is 5.91. The first-order valence-electron chi connectivity index (χ1n) is 8.15. The Morgan fingerprint density at radius 2 is 2.00 bits per heavy atom. The van der Waals surface area contributed by atoms with Crippen molar-refractivity contribution in [3.8, 4) is 5.75 Å². The maximum absolute atomic E-state index is 5.91. The largest absolute Gasteiger partial charge is 0.494 e. The van der Waals surface area contributed by atoms with Crippen LogP contribution in [0, 0.1) is 5.92 Å². The Bertz CT molecular complexity index is 581. The summed E-state index contributed by atoms with van der Waals surface area (Å²) in [7, 11) is 0. The number of nitrogens with zero attached hydrogens (tertiary/aromatic N) is 1. The molecule has 3 rings (SSSR count). The van der Waals surface area contributed by atoms with E-state index in [0.717, 1.165) is 31.2 Å². The highest BCUT2D eigenvalue weighted by Gasteiger charge is 2.15. The number of piperidine rings is 1. The van der Waals surface area contributed by atoms with Gasteiger partial charge in [0.15, 0.2) is 0 Å².